The Kier molecular flexibility index (Phi) is 5.65. The summed E-state index contributed by atoms with van der Waals surface area (Å²) in [4.78, 5) is 11.9. The summed E-state index contributed by atoms with van der Waals surface area (Å²) in [5.74, 6) is -0.982. The van der Waals surface area contributed by atoms with Gasteiger partial charge in [0, 0.05) is 11.1 Å². The smallest absolute Gasteiger partial charge is 0.235 e. The summed E-state index contributed by atoms with van der Waals surface area (Å²) >= 11 is 5.76. The maximum absolute atomic E-state index is 12.0. The molecule has 0 atom stereocenters. The van der Waals surface area contributed by atoms with Gasteiger partial charge in [-0.25, -0.2) is 8.42 Å². The van der Waals surface area contributed by atoms with Gasteiger partial charge < -0.3 is 5.32 Å². The van der Waals surface area contributed by atoms with Gasteiger partial charge in [-0.3, -0.25) is 4.79 Å². The molecular weight excluding hydrogens is 310 g/mol. The van der Waals surface area contributed by atoms with Gasteiger partial charge >= 0.3 is 0 Å². The Hall–Kier alpha value is -1.07. The summed E-state index contributed by atoms with van der Waals surface area (Å²) in [5.41, 5.74) is 0.643. The molecule has 0 saturated heterocycles. The quantitative estimate of drug-likeness (QED) is 0.903. The lowest BCUT2D eigenvalue weighted by Crippen LogP contribution is -2.39. The number of benzene rings is 1. The number of halogens is 1. The van der Waals surface area contributed by atoms with Crippen LogP contribution in [0.1, 0.15) is 37.7 Å². The fourth-order valence-electron chi connectivity index (χ4n) is 2.60. The maximum atomic E-state index is 12.0. The molecule has 2 rings (SSSR count). The van der Waals surface area contributed by atoms with Crippen LogP contribution in [0.2, 0.25) is 5.02 Å². The van der Waals surface area contributed by atoms with Crippen molar-refractivity contribution in [2.45, 2.75) is 43.9 Å². The monoisotopic (exact) mass is 329 g/mol. The number of sulfone groups is 1. The van der Waals surface area contributed by atoms with E-state index in [2.05, 4.69) is 5.32 Å². The molecule has 21 heavy (non-hydrogen) atoms. The average Bonchev–Trinajstić information content (AvgIpc) is 2.41. The molecule has 0 aromatic heterocycles. The van der Waals surface area contributed by atoms with E-state index in [4.69, 9.17) is 11.6 Å². The third-order valence-electron chi connectivity index (χ3n) is 3.62. The van der Waals surface area contributed by atoms with Crippen molar-refractivity contribution in [2.75, 3.05) is 5.75 Å². The van der Waals surface area contributed by atoms with Gasteiger partial charge in [0.15, 0.2) is 9.84 Å². The number of carbonyl (C=O) groups is 1. The number of rotatable bonds is 5. The molecule has 1 amide bonds. The third-order valence-corrected chi connectivity index (χ3v) is 5.35. The molecule has 0 unspecified atom stereocenters. The number of carbonyl (C=O) groups excluding carboxylic acids is 1. The van der Waals surface area contributed by atoms with Crippen LogP contribution in [0.15, 0.2) is 24.3 Å². The van der Waals surface area contributed by atoms with E-state index >= 15 is 0 Å². The molecule has 1 fully saturated rings. The summed E-state index contributed by atoms with van der Waals surface area (Å²) in [7, 11) is -3.45. The lowest BCUT2D eigenvalue weighted by atomic mass is 9.95. The van der Waals surface area contributed by atoms with E-state index in [1.165, 1.54) is 6.42 Å². The fraction of sp³-hybridized carbons (Fsp3) is 0.533. The predicted octanol–water partition coefficient (Wildman–Crippen LogP) is 2.70. The molecule has 1 aromatic carbocycles. The second kappa shape index (κ2) is 7.27. The van der Waals surface area contributed by atoms with Gasteiger partial charge in [0.05, 0.1) is 5.75 Å². The van der Waals surface area contributed by atoms with E-state index in [1.54, 1.807) is 24.3 Å². The van der Waals surface area contributed by atoms with Crippen molar-refractivity contribution >= 4 is 27.3 Å². The van der Waals surface area contributed by atoms with Crippen LogP contribution in [0.4, 0.5) is 0 Å². The number of hydrogen-bond acceptors (Lipinski definition) is 3. The van der Waals surface area contributed by atoms with Gasteiger partial charge in [-0.05, 0) is 30.5 Å². The van der Waals surface area contributed by atoms with Crippen molar-refractivity contribution in [3.63, 3.8) is 0 Å². The van der Waals surface area contributed by atoms with Crippen LogP contribution in [-0.2, 0) is 20.4 Å². The van der Waals surface area contributed by atoms with Gasteiger partial charge in [-0.1, -0.05) is 43.0 Å². The number of amides is 1. The second-order valence-corrected chi connectivity index (χ2v) is 8.06. The molecular formula is C15H20ClNO3S. The Labute approximate surface area is 130 Å². The van der Waals surface area contributed by atoms with Crippen molar-refractivity contribution < 1.29 is 13.2 Å². The molecule has 0 radical (unpaired) electrons. The standard InChI is InChI=1S/C15H20ClNO3S/c16-13-8-6-12(7-9-13)10-21(19,20)11-15(18)17-14-4-2-1-3-5-14/h6-9,14H,1-5,10-11H2,(H,17,18). The van der Waals surface area contributed by atoms with Crippen molar-refractivity contribution in [1.29, 1.82) is 0 Å². The normalized spacial score (nSPS) is 16.6. The highest BCUT2D eigenvalue weighted by Crippen LogP contribution is 2.17. The Balaban J connectivity index is 1.87. The average molecular weight is 330 g/mol. The molecule has 1 aliphatic carbocycles. The minimum atomic E-state index is -3.45. The summed E-state index contributed by atoms with van der Waals surface area (Å²) in [6.45, 7) is 0. The van der Waals surface area contributed by atoms with Crippen molar-refractivity contribution in [2.24, 2.45) is 0 Å². The largest absolute Gasteiger partial charge is 0.352 e. The van der Waals surface area contributed by atoms with E-state index in [9.17, 15) is 13.2 Å². The molecule has 0 spiro atoms. The topological polar surface area (TPSA) is 63.2 Å². The first-order valence-electron chi connectivity index (χ1n) is 7.19. The van der Waals surface area contributed by atoms with Gasteiger partial charge in [-0.2, -0.15) is 0 Å². The zero-order valence-corrected chi connectivity index (χ0v) is 13.4. The number of nitrogens with one attached hydrogen (secondary N) is 1. The SMILES string of the molecule is O=C(CS(=O)(=O)Cc1ccc(Cl)cc1)NC1CCCCC1. The van der Waals surface area contributed by atoms with Crippen LogP contribution in [0.5, 0.6) is 0 Å². The maximum Gasteiger partial charge on any atom is 0.235 e. The Morgan fingerprint density at radius 1 is 1.14 bits per heavy atom. The molecule has 0 bridgehead atoms. The summed E-state index contributed by atoms with van der Waals surface area (Å²) < 4.78 is 24.1. The first-order valence-corrected chi connectivity index (χ1v) is 9.39. The minimum Gasteiger partial charge on any atom is -0.352 e. The van der Waals surface area contributed by atoms with E-state index in [-0.39, 0.29) is 11.8 Å². The zero-order chi connectivity index (χ0) is 15.3. The minimum absolute atomic E-state index is 0.136. The Bertz CT molecular complexity index is 577. The summed E-state index contributed by atoms with van der Waals surface area (Å²) in [6.07, 6.45) is 5.29. The fourth-order valence-corrected chi connectivity index (χ4v) is 4.01. The molecule has 0 heterocycles. The highest BCUT2D eigenvalue weighted by atomic mass is 35.5. The predicted molar refractivity (Wildman–Crippen MR) is 84.0 cm³/mol. The molecule has 0 aliphatic heterocycles. The van der Waals surface area contributed by atoms with E-state index in [1.807, 2.05) is 0 Å². The van der Waals surface area contributed by atoms with Crippen molar-refractivity contribution in [1.82, 2.24) is 5.32 Å². The molecule has 1 aromatic rings. The van der Waals surface area contributed by atoms with Crippen molar-refractivity contribution in [3.8, 4) is 0 Å². The third kappa shape index (κ3) is 5.67. The second-order valence-electron chi connectivity index (χ2n) is 5.56. The Morgan fingerprint density at radius 3 is 2.38 bits per heavy atom. The molecule has 4 nitrogen and oxygen atoms in total. The van der Waals surface area contributed by atoms with Crippen LogP contribution < -0.4 is 5.32 Å². The van der Waals surface area contributed by atoms with Gasteiger partial charge in [0.25, 0.3) is 0 Å². The van der Waals surface area contributed by atoms with Crippen LogP contribution >= 0.6 is 11.6 Å². The number of hydrogen-bond donors (Lipinski definition) is 1. The highest BCUT2D eigenvalue weighted by molar-refractivity contribution is 7.91. The van der Waals surface area contributed by atoms with E-state index in [0.717, 1.165) is 25.7 Å². The lowest BCUT2D eigenvalue weighted by molar-refractivity contribution is -0.119. The first-order chi connectivity index (χ1) is 9.94. The van der Waals surface area contributed by atoms with Gasteiger partial charge in [0.1, 0.15) is 5.75 Å². The van der Waals surface area contributed by atoms with Gasteiger partial charge in [0.2, 0.25) is 5.91 Å². The first kappa shape index (κ1) is 16.3. The summed E-state index contributed by atoms with van der Waals surface area (Å²) in [6, 6.07) is 6.76. The van der Waals surface area contributed by atoms with Crippen LogP contribution in [-0.4, -0.2) is 26.1 Å². The van der Waals surface area contributed by atoms with Gasteiger partial charge in [-0.15, -0.1) is 0 Å². The zero-order valence-electron chi connectivity index (χ0n) is 11.8. The lowest BCUT2D eigenvalue weighted by Gasteiger charge is -2.22. The molecule has 1 aliphatic rings. The molecule has 6 heteroatoms. The Morgan fingerprint density at radius 2 is 1.76 bits per heavy atom. The molecule has 116 valence electrons. The molecule has 1 N–H and O–H groups in total. The molecule has 1 saturated carbocycles. The van der Waals surface area contributed by atoms with Crippen LogP contribution in [0.25, 0.3) is 0 Å². The summed E-state index contributed by atoms with van der Waals surface area (Å²) in [5, 5.41) is 3.39. The van der Waals surface area contributed by atoms with Crippen LogP contribution in [0, 0.1) is 0 Å². The van der Waals surface area contributed by atoms with Crippen LogP contribution in [0.3, 0.4) is 0 Å². The highest BCUT2D eigenvalue weighted by Gasteiger charge is 2.21. The van der Waals surface area contributed by atoms with E-state index < -0.39 is 21.5 Å². The van der Waals surface area contributed by atoms with E-state index in [0.29, 0.717) is 10.6 Å². The van der Waals surface area contributed by atoms with Crippen molar-refractivity contribution in [3.05, 3.63) is 34.9 Å².